The van der Waals surface area contributed by atoms with Crippen molar-refractivity contribution >= 4 is 17.6 Å². The smallest absolute Gasteiger partial charge is 0.338 e. The molecule has 0 aliphatic rings. The molecule has 1 N–H and O–H groups in total. The van der Waals surface area contributed by atoms with E-state index >= 15 is 0 Å². The number of rotatable bonds is 5. The van der Waals surface area contributed by atoms with Crippen LogP contribution in [-0.2, 0) is 11.3 Å². The number of amides is 1. The summed E-state index contributed by atoms with van der Waals surface area (Å²) in [6, 6.07) is 12.0. The summed E-state index contributed by atoms with van der Waals surface area (Å²) in [6.45, 7) is 0.130. The summed E-state index contributed by atoms with van der Waals surface area (Å²) in [4.78, 5) is 34.2. The third-order valence-electron chi connectivity index (χ3n) is 3.32. The van der Waals surface area contributed by atoms with Gasteiger partial charge in [-0.15, -0.1) is 0 Å². The molecule has 0 atom stereocenters. The minimum Gasteiger partial charge on any atom is -0.465 e. The van der Waals surface area contributed by atoms with Crippen molar-refractivity contribution in [1.29, 1.82) is 5.26 Å². The number of carbonyl (C=O) groups excluding carboxylic acids is 2. The van der Waals surface area contributed by atoms with Gasteiger partial charge in [-0.3, -0.25) is 14.9 Å². The minimum atomic E-state index is -0.778. The molecule has 8 nitrogen and oxygen atoms in total. The average Bonchev–Trinajstić information content (AvgIpc) is 2.65. The number of hydrogen-bond donors (Lipinski definition) is 1. The van der Waals surface area contributed by atoms with Gasteiger partial charge < -0.3 is 10.1 Å². The maximum absolute atomic E-state index is 12.3. The zero-order valence-corrected chi connectivity index (χ0v) is 13.2. The standard InChI is InChI=1S/C17H13N3O5/c1-25-17(22)14-6-13(7-15(8-14)20(23)24)16(21)19-10-12-4-2-3-11(5-12)9-18/h2-8H,10H2,1H3,(H,19,21). The summed E-state index contributed by atoms with van der Waals surface area (Å²) in [5, 5.41) is 22.4. The van der Waals surface area contributed by atoms with E-state index in [1.807, 2.05) is 6.07 Å². The van der Waals surface area contributed by atoms with Crippen LogP contribution < -0.4 is 5.32 Å². The van der Waals surface area contributed by atoms with Crippen LogP contribution in [0.3, 0.4) is 0 Å². The number of methoxy groups -OCH3 is 1. The maximum Gasteiger partial charge on any atom is 0.338 e. The second-order valence-corrected chi connectivity index (χ2v) is 5.01. The quantitative estimate of drug-likeness (QED) is 0.506. The largest absolute Gasteiger partial charge is 0.465 e. The first-order valence-electron chi connectivity index (χ1n) is 7.09. The molecule has 0 aromatic heterocycles. The highest BCUT2D eigenvalue weighted by atomic mass is 16.6. The van der Waals surface area contributed by atoms with Gasteiger partial charge in [-0.05, 0) is 23.8 Å². The van der Waals surface area contributed by atoms with E-state index in [0.29, 0.717) is 11.1 Å². The molecule has 0 radical (unpaired) electrons. The highest BCUT2D eigenvalue weighted by Crippen LogP contribution is 2.18. The number of non-ortho nitro benzene ring substituents is 1. The van der Waals surface area contributed by atoms with E-state index in [1.54, 1.807) is 24.3 Å². The van der Waals surface area contributed by atoms with Crippen molar-refractivity contribution < 1.29 is 19.2 Å². The normalized spacial score (nSPS) is 9.76. The van der Waals surface area contributed by atoms with E-state index in [9.17, 15) is 19.7 Å². The molecule has 8 heteroatoms. The van der Waals surface area contributed by atoms with Crippen molar-refractivity contribution in [3.63, 3.8) is 0 Å². The number of nitrogens with one attached hydrogen (secondary N) is 1. The number of nitro groups is 1. The van der Waals surface area contributed by atoms with E-state index in [1.165, 1.54) is 6.07 Å². The number of esters is 1. The van der Waals surface area contributed by atoms with Gasteiger partial charge in [-0.1, -0.05) is 12.1 Å². The van der Waals surface area contributed by atoms with Gasteiger partial charge in [0.2, 0.25) is 0 Å². The molecule has 0 spiro atoms. The number of nitriles is 1. The maximum atomic E-state index is 12.3. The Bertz CT molecular complexity index is 886. The van der Waals surface area contributed by atoms with Crippen molar-refractivity contribution in [2.24, 2.45) is 0 Å². The molecular formula is C17H13N3O5. The van der Waals surface area contributed by atoms with Gasteiger partial charge in [0.05, 0.1) is 29.2 Å². The van der Waals surface area contributed by atoms with Crippen molar-refractivity contribution in [2.75, 3.05) is 7.11 Å². The van der Waals surface area contributed by atoms with Crippen molar-refractivity contribution in [2.45, 2.75) is 6.54 Å². The van der Waals surface area contributed by atoms with Crippen LogP contribution in [0.25, 0.3) is 0 Å². The number of nitrogens with zero attached hydrogens (tertiary/aromatic N) is 2. The monoisotopic (exact) mass is 339 g/mol. The van der Waals surface area contributed by atoms with E-state index in [4.69, 9.17) is 5.26 Å². The Morgan fingerprint density at radius 2 is 1.96 bits per heavy atom. The van der Waals surface area contributed by atoms with Gasteiger partial charge in [-0.2, -0.15) is 5.26 Å². The topological polar surface area (TPSA) is 122 Å². The Kier molecular flexibility index (Phi) is 5.43. The van der Waals surface area contributed by atoms with Gasteiger partial charge >= 0.3 is 5.97 Å². The number of ether oxygens (including phenoxy) is 1. The molecule has 0 fully saturated rings. The lowest BCUT2D eigenvalue weighted by Gasteiger charge is -2.07. The predicted molar refractivity (Wildman–Crippen MR) is 86.8 cm³/mol. The highest BCUT2D eigenvalue weighted by Gasteiger charge is 2.18. The Hall–Kier alpha value is -3.73. The van der Waals surface area contributed by atoms with Crippen LogP contribution in [0, 0.1) is 21.4 Å². The summed E-state index contributed by atoms with van der Waals surface area (Å²) in [5.74, 6) is -1.37. The van der Waals surface area contributed by atoms with E-state index in [-0.39, 0.29) is 23.4 Å². The zero-order valence-electron chi connectivity index (χ0n) is 13.2. The zero-order chi connectivity index (χ0) is 18.4. The molecule has 0 aliphatic heterocycles. The lowest BCUT2D eigenvalue weighted by atomic mass is 10.1. The first-order valence-corrected chi connectivity index (χ1v) is 7.09. The van der Waals surface area contributed by atoms with Crippen LogP contribution in [0.15, 0.2) is 42.5 Å². The summed E-state index contributed by atoms with van der Waals surface area (Å²) < 4.78 is 4.54. The minimum absolute atomic E-state index is 0.0361. The van der Waals surface area contributed by atoms with Crippen molar-refractivity contribution in [3.05, 3.63) is 74.8 Å². The average molecular weight is 339 g/mol. The molecule has 1 amide bonds. The summed E-state index contributed by atoms with van der Waals surface area (Å²) in [5.41, 5.74) is 0.639. The Morgan fingerprint density at radius 3 is 2.60 bits per heavy atom. The number of benzene rings is 2. The fourth-order valence-electron chi connectivity index (χ4n) is 2.12. The number of nitro benzene ring substituents is 1. The van der Waals surface area contributed by atoms with E-state index in [0.717, 1.165) is 19.2 Å². The molecule has 0 unspecified atom stereocenters. The fourth-order valence-corrected chi connectivity index (χ4v) is 2.12. The van der Waals surface area contributed by atoms with Crippen molar-refractivity contribution in [3.8, 4) is 6.07 Å². The molecular weight excluding hydrogens is 326 g/mol. The van der Waals surface area contributed by atoms with Gasteiger partial charge in [0, 0.05) is 24.2 Å². The van der Waals surface area contributed by atoms with Crippen molar-refractivity contribution in [1.82, 2.24) is 5.32 Å². The van der Waals surface area contributed by atoms with Crippen LogP contribution in [0.1, 0.15) is 31.8 Å². The number of hydrogen-bond acceptors (Lipinski definition) is 6. The second-order valence-electron chi connectivity index (χ2n) is 5.01. The second kappa shape index (κ2) is 7.70. The van der Waals surface area contributed by atoms with Gasteiger partial charge in [0.15, 0.2) is 0 Å². The molecule has 0 saturated carbocycles. The Morgan fingerprint density at radius 1 is 1.24 bits per heavy atom. The Balaban J connectivity index is 2.23. The first-order chi connectivity index (χ1) is 11.9. The highest BCUT2D eigenvalue weighted by molar-refractivity contribution is 5.98. The summed E-state index contributed by atoms with van der Waals surface area (Å²) in [6.07, 6.45) is 0. The van der Waals surface area contributed by atoms with Gasteiger partial charge in [-0.25, -0.2) is 4.79 Å². The summed E-state index contributed by atoms with van der Waals surface area (Å²) >= 11 is 0. The van der Waals surface area contributed by atoms with Gasteiger partial charge in [0.25, 0.3) is 11.6 Å². The molecule has 126 valence electrons. The van der Waals surface area contributed by atoms with Crippen LogP contribution in [0.5, 0.6) is 0 Å². The fraction of sp³-hybridized carbons (Fsp3) is 0.118. The van der Waals surface area contributed by atoms with Crippen LogP contribution in [0.4, 0.5) is 5.69 Å². The predicted octanol–water partition coefficient (Wildman–Crippen LogP) is 2.18. The molecule has 0 saturated heterocycles. The van der Waals surface area contributed by atoms with Gasteiger partial charge in [0.1, 0.15) is 0 Å². The molecule has 0 aliphatic carbocycles. The molecule has 2 aromatic rings. The number of carbonyl (C=O) groups is 2. The SMILES string of the molecule is COC(=O)c1cc(C(=O)NCc2cccc(C#N)c2)cc([N+](=O)[O-])c1. The summed E-state index contributed by atoms with van der Waals surface area (Å²) in [7, 11) is 1.14. The lowest BCUT2D eigenvalue weighted by molar-refractivity contribution is -0.384. The van der Waals surface area contributed by atoms with Crippen LogP contribution in [-0.4, -0.2) is 23.9 Å². The van der Waals surface area contributed by atoms with Crippen LogP contribution >= 0.6 is 0 Å². The van der Waals surface area contributed by atoms with E-state index in [2.05, 4.69) is 10.1 Å². The molecule has 0 heterocycles. The molecule has 0 bridgehead atoms. The lowest BCUT2D eigenvalue weighted by Crippen LogP contribution is -2.23. The molecule has 25 heavy (non-hydrogen) atoms. The van der Waals surface area contributed by atoms with Crippen LogP contribution in [0.2, 0.25) is 0 Å². The Labute approximate surface area is 142 Å². The van der Waals surface area contributed by atoms with E-state index < -0.39 is 16.8 Å². The third kappa shape index (κ3) is 4.39. The third-order valence-corrected chi connectivity index (χ3v) is 3.32. The molecule has 2 rings (SSSR count). The molecule has 2 aromatic carbocycles. The first kappa shape index (κ1) is 17.6.